The number of rotatable bonds is 16. The highest BCUT2D eigenvalue weighted by atomic mass is 16.7. The summed E-state index contributed by atoms with van der Waals surface area (Å²) in [5.41, 5.74) is 5.05. The van der Waals surface area contributed by atoms with Crippen molar-refractivity contribution < 1.29 is 54.4 Å². The number of carbonyl (C=O) groups is 2. The van der Waals surface area contributed by atoms with Gasteiger partial charge in [0.25, 0.3) is 5.91 Å². The fourth-order valence-electron chi connectivity index (χ4n) is 6.88. The molecule has 0 spiro atoms. The van der Waals surface area contributed by atoms with Crippen molar-refractivity contribution in [3.05, 3.63) is 65.2 Å². The van der Waals surface area contributed by atoms with Crippen molar-refractivity contribution >= 4 is 29.4 Å². The van der Waals surface area contributed by atoms with E-state index >= 15 is 0 Å². The molecule has 1 amide bonds. The molecular formula is C38H49N3O11. The predicted octanol–water partition coefficient (Wildman–Crippen LogP) is 2.78. The lowest BCUT2D eigenvalue weighted by atomic mass is 9.83. The molecule has 1 fully saturated rings. The maximum Gasteiger partial charge on any atom is 0.335 e. The second-order valence-corrected chi connectivity index (χ2v) is 14.3. The minimum Gasteiger partial charge on any atom is -0.508 e. The molecule has 2 aromatic rings. The number of phenolic OH excluding ortho intramolecular Hbond substituents is 1. The van der Waals surface area contributed by atoms with E-state index in [2.05, 4.69) is 37.2 Å². The molecule has 14 nitrogen and oxygen atoms in total. The van der Waals surface area contributed by atoms with Gasteiger partial charge in [-0.15, -0.1) is 0 Å². The number of aliphatic hydroxyl groups is 4. The molecule has 1 unspecified atom stereocenters. The van der Waals surface area contributed by atoms with Gasteiger partial charge in [-0.2, -0.15) is 0 Å². The molecule has 9 N–H and O–H groups in total. The maximum absolute atomic E-state index is 12.5. The smallest absolute Gasteiger partial charge is 0.335 e. The Hall–Kier alpha value is -4.47. The van der Waals surface area contributed by atoms with Crippen molar-refractivity contribution in [3.8, 4) is 17.2 Å². The number of phenols is 1. The van der Waals surface area contributed by atoms with Gasteiger partial charge in [0.05, 0.1) is 17.7 Å². The first kappa shape index (κ1) is 38.8. The molecule has 0 aromatic heterocycles. The second-order valence-electron chi connectivity index (χ2n) is 14.3. The fraction of sp³-hybridized carbons (Fsp3) is 0.500. The number of aliphatic carboxylic acids is 1. The fourth-order valence-corrected chi connectivity index (χ4v) is 6.88. The summed E-state index contributed by atoms with van der Waals surface area (Å²) in [4.78, 5) is 28.8. The second kappa shape index (κ2) is 16.5. The summed E-state index contributed by atoms with van der Waals surface area (Å²) in [7, 11) is 0. The van der Waals surface area contributed by atoms with Crippen LogP contribution in [0.4, 0.5) is 0 Å². The molecule has 14 heteroatoms. The van der Waals surface area contributed by atoms with Crippen molar-refractivity contribution in [2.45, 2.75) is 82.8 Å². The van der Waals surface area contributed by atoms with Crippen LogP contribution in [-0.4, -0.2) is 105 Å². The number of nitrogens with two attached hydrogens (primary N) is 1. The Morgan fingerprint density at radius 2 is 1.83 bits per heavy atom. The van der Waals surface area contributed by atoms with E-state index in [1.54, 1.807) is 0 Å². The number of hydrogen-bond donors (Lipinski definition) is 8. The number of nitrogens with zero attached hydrogens (tertiary/aromatic N) is 1. The van der Waals surface area contributed by atoms with Crippen LogP contribution in [0.25, 0.3) is 11.3 Å². The molecule has 3 heterocycles. The molecule has 1 saturated heterocycles. The molecular weight excluding hydrogens is 674 g/mol. The van der Waals surface area contributed by atoms with Gasteiger partial charge in [0.2, 0.25) is 12.4 Å². The molecule has 0 aliphatic carbocycles. The van der Waals surface area contributed by atoms with Crippen LogP contribution < -0.4 is 20.5 Å². The van der Waals surface area contributed by atoms with Crippen molar-refractivity contribution in [1.82, 2.24) is 5.32 Å². The minimum atomic E-state index is -2.34. The summed E-state index contributed by atoms with van der Waals surface area (Å²) >= 11 is 0. The third-order valence-electron chi connectivity index (χ3n) is 9.99. The van der Waals surface area contributed by atoms with E-state index in [-0.39, 0.29) is 46.6 Å². The molecule has 3 aliphatic heterocycles. The molecule has 8 atom stereocenters. The van der Waals surface area contributed by atoms with Crippen LogP contribution >= 0.6 is 0 Å². The van der Waals surface area contributed by atoms with Crippen LogP contribution in [0.15, 0.2) is 59.1 Å². The van der Waals surface area contributed by atoms with Crippen molar-refractivity contribution in [3.63, 3.8) is 0 Å². The standard InChI is InChI=1S/C38H49N3O11/c1-20(2)5-4-6-21(3)24(15-22-13-14-40-17-22)18-41-19-38(49)34(45)31(44)33(36(47)48)52-37(38)50-26-11-12-27-28(16-26)51-32(35(39)46)29(30(27)43)23-7-9-25(42)10-8-23/h7-13,16-17,20-21,24,31-34,37,41-45,49H,4-6,14-15,18-19H2,1-3H3,(H2,39,46)(H,47,48)/t21-,24-,31+,32?,33-,34-,37+,38+/m0/s1. The Labute approximate surface area is 302 Å². The minimum absolute atomic E-state index is 0.0202. The molecule has 282 valence electrons. The topological polar surface area (TPSA) is 234 Å². The zero-order valence-electron chi connectivity index (χ0n) is 29.5. The number of ether oxygens (including phenoxy) is 3. The molecule has 0 saturated carbocycles. The highest BCUT2D eigenvalue weighted by Gasteiger charge is 2.58. The van der Waals surface area contributed by atoms with Gasteiger partial charge in [0.15, 0.2) is 11.7 Å². The first-order valence-electron chi connectivity index (χ1n) is 17.6. The number of hydrogen-bond acceptors (Lipinski definition) is 12. The number of aromatic hydroxyl groups is 1. The highest BCUT2D eigenvalue weighted by Crippen LogP contribution is 2.42. The summed E-state index contributed by atoms with van der Waals surface area (Å²) < 4.78 is 17.5. The summed E-state index contributed by atoms with van der Waals surface area (Å²) in [5, 5.41) is 67.8. The summed E-state index contributed by atoms with van der Waals surface area (Å²) in [6.07, 6.45) is -1.32. The predicted molar refractivity (Wildman–Crippen MR) is 192 cm³/mol. The Bertz CT molecular complexity index is 1690. The van der Waals surface area contributed by atoms with Gasteiger partial charge in [-0.1, -0.05) is 58.2 Å². The van der Waals surface area contributed by atoms with Crippen LogP contribution in [0.5, 0.6) is 17.2 Å². The zero-order chi connectivity index (χ0) is 37.7. The largest absolute Gasteiger partial charge is 0.508 e. The first-order valence-corrected chi connectivity index (χ1v) is 17.6. The third kappa shape index (κ3) is 8.59. The number of amides is 1. The van der Waals surface area contributed by atoms with Crippen LogP contribution in [0.3, 0.4) is 0 Å². The number of nitrogens with one attached hydrogen (secondary N) is 1. The van der Waals surface area contributed by atoms with Gasteiger partial charge in [0, 0.05) is 18.8 Å². The summed E-state index contributed by atoms with van der Waals surface area (Å²) in [6.45, 7) is 7.28. The lowest BCUT2D eigenvalue weighted by Crippen LogP contribution is -2.71. The van der Waals surface area contributed by atoms with E-state index in [4.69, 9.17) is 19.9 Å². The van der Waals surface area contributed by atoms with Crippen molar-refractivity contribution in [1.29, 1.82) is 0 Å². The van der Waals surface area contributed by atoms with Gasteiger partial charge in [0.1, 0.15) is 35.2 Å². The van der Waals surface area contributed by atoms with Gasteiger partial charge >= 0.3 is 5.97 Å². The lowest BCUT2D eigenvalue weighted by Gasteiger charge is -2.47. The number of carboxylic acids is 1. The van der Waals surface area contributed by atoms with E-state index in [1.165, 1.54) is 42.5 Å². The van der Waals surface area contributed by atoms with E-state index in [0.29, 0.717) is 30.5 Å². The Morgan fingerprint density at radius 1 is 1.10 bits per heavy atom. The van der Waals surface area contributed by atoms with E-state index in [9.17, 15) is 40.2 Å². The molecule has 2 aromatic carbocycles. The van der Waals surface area contributed by atoms with Gasteiger partial charge in [-0.3, -0.25) is 9.79 Å². The molecule has 52 heavy (non-hydrogen) atoms. The van der Waals surface area contributed by atoms with Crippen LogP contribution in [-0.2, 0) is 14.3 Å². The van der Waals surface area contributed by atoms with Gasteiger partial charge < -0.3 is 55.9 Å². The lowest BCUT2D eigenvalue weighted by molar-refractivity contribution is -0.311. The third-order valence-corrected chi connectivity index (χ3v) is 9.99. The quantitative estimate of drug-likeness (QED) is 0.125. The number of primary amides is 1. The number of benzene rings is 2. The number of fused-ring (bicyclic) bond motifs is 1. The summed E-state index contributed by atoms with van der Waals surface area (Å²) in [6, 6.07) is 9.86. The van der Waals surface area contributed by atoms with E-state index in [1.807, 2.05) is 6.21 Å². The van der Waals surface area contributed by atoms with Crippen molar-refractivity contribution in [2.75, 3.05) is 19.6 Å². The molecule has 5 rings (SSSR count). The van der Waals surface area contributed by atoms with Gasteiger partial charge in [-0.25, -0.2) is 4.79 Å². The highest BCUT2D eigenvalue weighted by molar-refractivity contribution is 6.03. The normalized spacial score (nSPS) is 26.8. The number of carbonyl (C=O) groups excluding carboxylic acids is 1. The average molecular weight is 724 g/mol. The van der Waals surface area contributed by atoms with Crippen molar-refractivity contribution in [2.24, 2.45) is 28.5 Å². The Kier molecular flexibility index (Phi) is 12.3. The van der Waals surface area contributed by atoms with E-state index in [0.717, 1.165) is 31.3 Å². The first-order chi connectivity index (χ1) is 24.7. The van der Waals surface area contributed by atoms with E-state index < -0.39 is 48.2 Å². The molecule has 3 aliphatic rings. The maximum atomic E-state index is 12.5. The number of allylic oxidation sites excluding steroid dienone is 1. The average Bonchev–Trinajstić information content (AvgIpc) is 3.61. The number of aliphatic imine (C=N–C) groups is 1. The Balaban J connectivity index is 1.38. The number of aliphatic hydroxyl groups excluding tert-OH is 3. The molecule has 0 bridgehead atoms. The van der Waals surface area contributed by atoms with Crippen LogP contribution in [0, 0.1) is 17.8 Å². The summed E-state index contributed by atoms with van der Waals surface area (Å²) in [5.74, 6) is -1.86. The Morgan fingerprint density at radius 3 is 2.46 bits per heavy atom. The zero-order valence-corrected chi connectivity index (χ0v) is 29.5. The van der Waals surface area contributed by atoms with Crippen LogP contribution in [0.2, 0.25) is 0 Å². The van der Waals surface area contributed by atoms with Crippen LogP contribution in [0.1, 0.15) is 57.6 Å². The van der Waals surface area contributed by atoms with Gasteiger partial charge in [-0.05, 0) is 66.1 Å². The monoisotopic (exact) mass is 723 g/mol. The SMILES string of the molecule is CC(C)CCC[C@H](C)[C@H](CNC[C@]1(O)[C@H](Oc2ccc3c(c2)OC(C(N)=O)C(c2ccc(O)cc2)=C3O)O[C@H](C(=O)O)[C@@H](O)[C@@H]1O)CC1=CCN=C1. The molecule has 0 radical (unpaired) electrons. The number of carboxylic acid groups (broad SMARTS) is 1.